The molecule has 0 aliphatic rings. The van der Waals surface area contributed by atoms with Gasteiger partial charge in [-0.2, -0.15) is 0 Å². The Morgan fingerprint density at radius 1 is 0.938 bits per heavy atom. The summed E-state index contributed by atoms with van der Waals surface area (Å²) in [5.74, 6) is -0.696. The van der Waals surface area contributed by atoms with Gasteiger partial charge in [-0.25, -0.2) is 0 Å². The van der Waals surface area contributed by atoms with E-state index in [4.69, 9.17) is 0 Å². The normalized spacial score (nSPS) is 11.3. The summed E-state index contributed by atoms with van der Waals surface area (Å²) in [5, 5.41) is 16.5. The number of nitro groups is 1. The number of nitrogens with one attached hydrogen (secondary N) is 2. The zero-order valence-electron chi connectivity index (χ0n) is 18.0. The highest BCUT2D eigenvalue weighted by molar-refractivity contribution is 6.06. The molecule has 0 aliphatic heterocycles. The van der Waals surface area contributed by atoms with Crippen LogP contribution < -0.4 is 15.5 Å². The molecule has 1 unspecified atom stereocenters. The summed E-state index contributed by atoms with van der Waals surface area (Å²) in [5.41, 5.74) is 2.72. The van der Waals surface area contributed by atoms with Crippen LogP contribution in [0.25, 0.3) is 0 Å². The number of carbonyl (C=O) groups is 2. The fourth-order valence-corrected chi connectivity index (χ4v) is 3.22. The fraction of sp³-hybridized carbons (Fsp3) is 0.167. The Labute approximate surface area is 186 Å². The lowest BCUT2D eigenvalue weighted by Gasteiger charge is -2.20. The van der Waals surface area contributed by atoms with E-state index < -0.39 is 10.8 Å². The Morgan fingerprint density at radius 3 is 2.19 bits per heavy atom. The number of nitrogens with zero attached hydrogens (tertiary/aromatic N) is 2. The van der Waals surface area contributed by atoms with Gasteiger partial charge in [-0.3, -0.25) is 19.7 Å². The molecular formula is C24H24N4O4. The van der Waals surface area contributed by atoms with E-state index in [9.17, 15) is 19.7 Å². The summed E-state index contributed by atoms with van der Waals surface area (Å²) in [6, 6.07) is 19.8. The molecule has 164 valence electrons. The summed E-state index contributed by atoms with van der Waals surface area (Å²) in [6.45, 7) is 1.91. The maximum absolute atomic E-state index is 13.0. The van der Waals surface area contributed by atoms with Crippen LogP contribution in [0.3, 0.4) is 0 Å². The van der Waals surface area contributed by atoms with Crippen LogP contribution in [0.2, 0.25) is 0 Å². The van der Waals surface area contributed by atoms with Crippen molar-refractivity contribution in [3.63, 3.8) is 0 Å². The van der Waals surface area contributed by atoms with Gasteiger partial charge in [0.25, 0.3) is 17.5 Å². The van der Waals surface area contributed by atoms with E-state index in [0.29, 0.717) is 16.9 Å². The molecule has 0 aromatic heterocycles. The summed E-state index contributed by atoms with van der Waals surface area (Å²) in [4.78, 5) is 37.7. The molecule has 0 bridgehead atoms. The average Bonchev–Trinajstić information content (AvgIpc) is 2.79. The highest BCUT2D eigenvalue weighted by atomic mass is 16.6. The molecule has 0 heterocycles. The minimum absolute atomic E-state index is 0.0941. The van der Waals surface area contributed by atoms with Gasteiger partial charge < -0.3 is 15.5 Å². The monoisotopic (exact) mass is 432 g/mol. The van der Waals surface area contributed by atoms with Crippen molar-refractivity contribution in [2.75, 3.05) is 24.3 Å². The van der Waals surface area contributed by atoms with E-state index in [1.54, 1.807) is 18.2 Å². The number of amides is 2. The second-order valence-electron chi connectivity index (χ2n) is 7.49. The van der Waals surface area contributed by atoms with Crippen molar-refractivity contribution < 1.29 is 14.5 Å². The first-order valence-corrected chi connectivity index (χ1v) is 9.99. The molecule has 3 rings (SSSR count). The molecule has 2 amide bonds. The lowest BCUT2D eigenvalue weighted by molar-refractivity contribution is -0.384. The molecule has 0 spiro atoms. The summed E-state index contributed by atoms with van der Waals surface area (Å²) in [6.07, 6.45) is 0. The van der Waals surface area contributed by atoms with Crippen LogP contribution in [0.1, 0.15) is 39.2 Å². The molecule has 3 aromatic rings. The Hall–Kier alpha value is -4.20. The first-order valence-electron chi connectivity index (χ1n) is 9.99. The number of hydrogen-bond acceptors (Lipinski definition) is 5. The van der Waals surface area contributed by atoms with Gasteiger partial charge in [-0.05, 0) is 42.8 Å². The van der Waals surface area contributed by atoms with E-state index in [-0.39, 0.29) is 23.2 Å². The average molecular weight is 432 g/mol. The molecule has 1 atom stereocenters. The molecule has 0 saturated carbocycles. The van der Waals surface area contributed by atoms with E-state index in [1.165, 1.54) is 24.3 Å². The molecule has 8 nitrogen and oxygen atoms in total. The molecular weight excluding hydrogens is 408 g/mol. The molecule has 0 aliphatic carbocycles. The minimum atomic E-state index is -0.525. The van der Waals surface area contributed by atoms with Gasteiger partial charge in [0.05, 0.1) is 16.5 Å². The number of non-ortho nitro benzene ring substituents is 1. The van der Waals surface area contributed by atoms with Crippen LogP contribution in [0.5, 0.6) is 0 Å². The smallest absolute Gasteiger partial charge is 0.269 e. The van der Waals surface area contributed by atoms with E-state index in [2.05, 4.69) is 10.6 Å². The molecule has 3 aromatic carbocycles. The van der Waals surface area contributed by atoms with E-state index in [1.807, 2.05) is 56.3 Å². The van der Waals surface area contributed by atoms with Gasteiger partial charge in [-0.1, -0.05) is 30.3 Å². The Balaban J connectivity index is 1.81. The third-order valence-electron chi connectivity index (χ3n) is 4.97. The molecule has 0 fully saturated rings. The van der Waals surface area contributed by atoms with Gasteiger partial charge in [0.15, 0.2) is 0 Å². The minimum Gasteiger partial charge on any atom is -0.377 e. The van der Waals surface area contributed by atoms with Crippen LogP contribution in [0.4, 0.5) is 17.1 Å². The first kappa shape index (κ1) is 22.5. The summed E-state index contributed by atoms with van der Waals surface area (Å²) in [7, 11) is 3.67. The van der Waals surface area contributed by atoms with Gasteiger partial charge in [-0.15, -0.1) is 0 Å². The molecule has 32 heavy (non-hydrogen) atoms. The standard InChI is InChI=1S/C24H24N4O4/c1-16(17-7-5-4-6-8-17)25-24(30)21-15-19(11-14-22(21)27(2)3)26-23(29)18-9-12-20(13-10-18)28(31)32/h4-16H,1-3H3,(H,25,30)(H,26,29). The van der Waals surface area contributed by atoms with Crippen molar-refractivity contribution in [2.24, 2.45) is 0 Å². The number of rotatable bonds is 7. The second-order valence-corrected chi connectivity index (χ2v) is 7.49. The molecule has 2 N–H and O–H groups in total. The van der Waals surface area contributed by atoms with Gasteiger partial charge >= 0.3 is 0 Å². The zero-order chi connectivity index (χ0) is 23.3. The second kappa shape index (κ2) is 9.74. The largest absolute Gasteiger partial charge is 0.377 e. The number of nitro benzene ring substituents is 1. The third-order valence-corrected chi connectivity index (χ3v) is 4.97. The van der Waals surface area contributed by atoms with Crippen molar-refractivity contribution in [1.29, 1.82) is 0 Å². The molecule has 0 radical (unpaired) electrons. The number of benzene rings is 3. The SMILES string of the molecule is CC(NC(=O)c1cc(NC(=O)c2ccc([N+](=O)[O-])cc2)ccc1N(C)C)c1ccccc1. The molecule has 0 saturated heterocycles. The van der Waals surface area contributed by atoms with Crippen LogP contribution in [0, 0.1) is 10.1 Å². The van der Waals surface area contributed by atoms with Crippen molar-refractivity contribution in [1.82, 2.24) is 5.32 Å². The Kier molecular flexibility index (Phi) is 6.84. The van der Waals surface area contributed by atoms with Gasteiger partial charge in [0, 0.05) is 43.2 Å². The van der Waals surface area contributed by atoms with Crippen LogP contribution >= 0.6 is 0 Å². The Bertz CT molecular complexity index is 1130. The van der Waals surface area contributed by atoms with Crippen LogP contribution in [-0.4, -0.2) is 30.8 Å². The van der Waals surface area contributed by atoms with Gasteiger partial charge in [0.1, 0.15) is 0 Å². The quantitative estimate of drug-likeness (QED) is 0.425. The number of hydrogen-bond donors (Lipinski definition) is 2. The fourth-order valence-electron chi connectivity index (χ4n) is 3.22. The van der Waals surface area contributed by atoms with E-state index >= 15 is 0 Å². The number of anilines is 2. The lowest BCUT2D eigenvalue weighted by Crippen LogP contribution is -2.28. The van der Waals surface area contributed by atoms with Crippen molar-refractivity contribution in [2.45, 2.75) is 13.0 Å². The van der Waals surface area contributed by atoms with Crippen LogP contribution in [0.15, 0.2) is 72.8 Å². The molecule has 8 heteroatoms. The predicted octanol–water partition coefficient (Wildman–Crippen LogP) is 4.40. The maximum Gasteiger partial charge on any atom is 0.269 e. The summed E-state index contributed by atoms with van der Waals surface area (Å²) >= 11 is 0. The third kappa shape index (κ3) is 5.28. The van der Waals surface area contributed by atoms with Crippen LogP contribution in [-0.2, 0) is 0 Å². The summed E-state index contributed by atoms with van der Waals surface area (Å²) < 4.78 is 0. The highest BCUT2D eigenvalue weighted by Gasteiger charge is 2.18. The number of carbonyl (C=O) groups excluding carboxylic acids is 2. The lowest BCUT2D eigenvalue weighted by atomic mass is 10.1. The zero-order valence-corrected chi connectivity index (χ0v) is 18.0. The maximum atomic E-state index is 13.0. The Morgan fingerprint density at radius 2 is 1.59 bits per heavy atom. The highest BCUT2D eigenvalue weighted by Crippen LogP contribution is 2.25. The van der Waals surface area contributed by atoms with Crippen molar-refractivity contribution >= 4 is 28.9 Å². The first-order chi connectivity index (χ1) is 15.3. The topological polar surface area (TPSA) is 105 Å². The van der Waals surface area contributed by atoms with Gasteiger partial charge in [0.2, 0.25) is 0 Å². The predicted molar refractivity (Wildman–Crippen MR) is 124 cm³/mol. The van der Waals surface area contributed by atoms with Crippen molar-refractivity contribution in [3.8, 4) is 0 Å². The van der Waals surface area contributed by atoms with Crippen molar-refractivity contribution in [3.05, 3.63) is 99.6 Å². The van der Waals surface area contributed by atoms with E-state index in [0.717, 1.165) is 5.56 Å².